The van der Waals surface area contributed by atoms with Crippen LogP contribution in [0.5, 0.6) is 0 Å². The maximum atomic E-state index is 12.8. The first-order chi connectivity index (χ1) is 11.1. The van der Waals surface area contributed by atoms with Crippen LogP contribution in [0.25, 0.3) is 0 Å². The van der Waals surface area contributed by atoms with Crippen molar-refractivity contribution < 1.29 is 22.9 Å². The number of quaternary nitrogens is 1. The largest absolute Gasteiger partial charge is 0.466 e. The third-order valence-corrected chi connectivity index (χ3v) is 4.25. The summed E-state index contributed by atoms with van der Waals surface area (Å²) in [6.07, 6.45) is -3.42. The maximum absolute atomic E-state index is 12.8. The smallest absolute Gasteiger partial charge is 0.416 e. The first-order valence-electron chi connectivity index (χ1n) is 8.14. The molecule has 5 heteroatoms. The fourth-order valence-corrected chi connectivity index (χ4v) is 3.00. The van der Waals surface area contributed by atoms with Gasteiger partial charge in [0, 0.05) is 17.4 Å². The van der Waals surface area contributed by atoms with Crippen LogP contribution in [0.3, 0.4) is 0 Å². The topological polar surface area (TPSA) is 29.8 Å². The summed E-state index contributed by atoms with van der Waals surface area (Å²) in [4.78, 5) is 0. The standard InChI is InChI=1S/C19H24F3NO/c1-13(11-18(3,4)17-9-8-14(2)24-17)23-12-15-6-5-7-16(10-15)19(20,21)22/h5-10,13,23H,11-12H2,1-4H3/p+1/t13-/m1/s1. The van der Waals surface area contributed by atoms with Crippen LogP contribution < -0.4 is 5.32 Å². The molecule has 0 spiro atoms. The number of aryl methyl sites for hydroxylation is 1. The minimum Gasteiger partial charge on any atom is -0.466 e. The van der Waals surface area contributed by atoms with Crippen LogP contribution in [-0.4, -0.2) is 6.04 Å². The van der Waals surface area contributed by atoms with Gasteiger partial charge in [0.25, 0.3) is 0 Å². The zero-order chi connectivity index (χ0) is 18.0. The van der Waals surface area contributed by atoms with Crippen LogP contribution in [0.1, 0.15) is 49.8 Å². The molecule has 2 nitrogen and oxygen atoms in total. The highest BCUT2D eigenvalue weighted by atomic mass is 19.4. The third-order valence-electron chi connectivity index (χ3n) is 4.25. The molecule has 2 rings (SSSR count). The molecule has 24 heavy (non-hydrogen) atoms. The van der Waals surface area contributed by atoms with Crippen LogP contribution in [0.4, 0.5) is 13.2 Å². The van der Waals surface area contributed by atoms with E-state index in [0.717, 1.165) is 24.0 Å². The lowest BCUT2D eigenvalue weighted by atomic mass is 9.83. The molecule has 1 atom stereocenters. The van der Waals surface area contributed by atoms with Crippen molar-refractivity contribution >= 4 is 0 Å². The van der Waals surface area contributed by atoms with Crippen LogP contribution in [0, 0.1) is 6.92 Å². The first-order valence-corrected chi connectivity index (χ1v) is 8.14. The van der Waals surface area contributed by atoms with Gasteiger partial charge in [-0.25, -0.2) is 0 Å². The van der Waals surface area contributed by atoms with Gasteiger partial charge in [-0.3, -0.25) is 0 Å². The Morgan fingerprint density at radius 1 is 1.12 bits per heavy atom. The van der Waals surface area contributed by atoms with Crippen molar-refractivity contribution in [1.29, 1.82) is 0 Å². The Morgan fingerprint density at radius 2 is 1.83 bits per heavy atom. The molecular formula is C19H25F3NO+. The summed E-state index contributed by atoms with van der Waals surface area (Å²) in [7, 11) is 0. The normalized spacial score (nSPS) is 14.0. The molecule has 2 N–H and O–H groups in total. The highest BCUT2D eigenvalue weighted by Crippen LogP contribution is 2.30. The summed E-state index contributed by atoms with van der Waals surface area (Å²) in [5, 5.41) is 2.08. The van der Waals surface area contributed by atoms with Gasteiger partial charge in [0.05, 0.1) is 11.6 Å². The molecule has 0 saturated heterocycles. The summed E-state index contributed by atoms with van der Waals surface area (Å²) >= 11 is 0. The summed E-state index contributed by atoms with van der Waals surface area (Å²) < 4.78 is 44.0. The predicted molar refractivity (Wildman–Crippen MR) is 87.6 cm³/mol. The van der Waals surface area contributed by atoms with E-state index in [1.165, 1.54) is 12.1 Å². The van der Waals surface area contributed by atoms with Gasteiger partial charge in [-0.05, 0) is 38.1 Å². The van der Waals surface area contributed by atoms with Crippen molar-refractivity contribution in [2.24, 2.45) is 0 Å². The number of furan rings is 1. The van der Waals surface area contributed by atoms with Crippen molar-refractivity contribution in [3.8, 4) is 0 Å². The van der Waals surface area contributed by atoms with Crippen molar-refractivity contribution in [1.82, 2.24) is 0 Å². The van der Waals surface area contributed by atoms with E-state index in [4.69, 9.17) is 4.42 Å². The van der Waals surface area contributed by atoms with E-state index < -0.39 is 11.7 Å². The highest BCUT2D eigenvalue weighted by Gasteiger charge is 2.31. The van der Waals surface area contributed by atoms with Gasteiger partial charge in [0.2, 0.25) is 0 Å². The molecule has 0 saturated carbocycles. The number of benzene rings is 1. The molecule has 2 aromatic rings. The van der Waals surface area contributed by atoms with Crippen molar-refractivity contribution in [3.05, 3.63) is 59.0 Å². The third kappa shape index (κ3) is 4.87. The Bertz CT molecular complexity index is 673. The van der Waals surface area contributed by atoms with Gasteiger partial charge in [-0.2, -0.15) is 13.2 Å². The molecule has 0 fully saturated rings. The lowest BCUT2D eigenvalue weighted by Gasteiger charge is -2.25. The predicted octanol–water partition coefficient (Wildman–Crippen LogP) is 4.43. The van der Waals surface area contributed by atoms with Crippen molar-refractivity contribution in [2.75, 3.05) is 0 Å². The molecule has 1 aromatic carbocycles. The van der Waals surface area contributed by atoms with Crippen LogP contribution in [0.2, 0.25) is 0 Å². The lowest BCUT2D eigenvalue weighted by Crippen LogP contribution is -2.88. The fraction of sp³-hybridized carbons (Fsp3) is 0.474. The van der Waals surface area contributed by atoms with E-state index >= 15 is 0 Å². The van der Waals surface area contributed by atoms with Gasteiger partial charge in [0.15, 0.2) is 0 Å². The van der Waals surface area contributed by atoms with E-state index in [9.17, 15) is 13.2 Å². The number of rotatable bonds is 6. The van der Waals surface area contributed by atoms with Gasteiger partial charge in [0.1, 0.15) is 18.1 Å². The Kier molecular flexibility index (Phi) is 5.43. The molecule has 0 unspecified atom stereocenters. The maximum Gasteiger partial charge on any atom is 0.416 e. The second-order valence-corrected chi connectivity index (χ2v) is 7.11. The highest BCUT2D eigenvalue weighted by molar-refractivity contribution is 5.25. The summed E-state index contributed by atoms with van der Waals surface area (Å²) in [5.74, 6) is 1.83. The van der Waals surface area contributed by atoms with E-state index in [2.05, 4.69) is 26.1 Å². The fourth-order valence-electron chi connectivity index (χ4n) is 3.00. The van der Waals surface area contributed by atoms with Gasteiger partial charge in [-0.15, -0.1) is 0 Å². The van der Waals surface area contributed by atoms with E-state index in [0.29, 0.717) is 12.1 Å². The van der Waals surface area contributed by atoms with E-state index in [1.54, 1.807) is 6.07 Å². The zero-order valence-electron chi connectivity index (χ0n) is 14.6. The minimum absolute atomic E-state index is 0.113. The molecule has 0 aliphatic heterocycles. The molecule has 1 aromatic heterocycles. The molecule has 0 aliphatic rings. The molecule has 1 heterocycles. The second kappa shape index (κ2) is 7.01. The number of nitrogens with two attached hydrogens (primary N) is 1. The zero-order valence-corrected chi connectivity index (χ0v) is 14.6. The number of halogens is 3. The molecular weight excluding hydrogens is 315 g/mol. The summed E-state index contributed by atoms with van der Waals surface area (Å²) in [6, 6.07) is 9.74. The van der Waals surface area contributed by atoms with Gasteiger partial charge in [-0.1, -0.05) is 26.0 Å². The molecule has 0 amide bonds. The first kappa shape index (κ1) is 18.6. The van der Waals surface area contributed by atoms with Gasteiger partial charge < -0.3 is 9.73 Å². The molecule has 132 valence electrons. The van der Waals surface area contributed by atoms with Crippen molar-refractivity contribution in [3.63, 3.8) is 0 Å². The molecule has 0 radical (unpaired) electrons. The van der Waals surface area contributed by atoms with Crippen molar-refractivity contribution in [2.45, 2.75) is 58.3 Å². The second-order valence-electron chi connectivity index (χ2n) is 7.11. The quantitative estimate of drug-likeness (QED) is 0.828. The average molecular weight is 340 g/mol. The summed E-state index contributed by atoms with van der Waals surface area (Å²) in [6.45, 7) is 8.78. The SMILES string of the molecule is Cc1ccc(C(C)(C)C[C@@H](C)[NH2+]Cc2cccc(C(F)(F)F)c2)o1. The van der Waals surface area contributed by atoms with Crippen LogP contribution in [-0.2, 0) is 18.1 Å². The average Bonchev–Trinajstić information content (AvgIpc) is 2.92. The van der Waals surface area contributed by atoms with Crippen LogP contribution >= 0.6 is 0 Å². The Labute approximate surface area is 141 Å². The number of alkyl halides is 3. The van der Waals surface area contributed by atoms with E-state index in [-0.39, 0.29) is 11.5 Å². The van der Waals surface area contributed by atoms with E-state index in [1.807, 2.05) is 19.1 Å². The number of hydrogen-bond acceptors (Lipinski definition) is 1. The Hall–Kier alpha value is -1.75. The Balaban J connectivity index is 1.95. The summed E-state index contributed by atoms with van der Waals surface area (Å²) in [5.41, 5.74) is -0.0198. The monoisotopic (exact) mass is 340 g/mol. The lowest BCUT2D eigenvalue weighted by molar-refractivity contribution is -0.702. The number of hydrogen-bond donors (Lipinski definition) is 1. The van der Waals surface area contributed by atoms with Gasteiger partial charge >= 0.3 is 6.18 Å². The Morgan fingerprint density at radius 3 is 2.42 bits per heavy atom. The van der Waals surface area contributed by atoms with Crippen LogP contribution in [0.15, 0.2) is 40.8 Å². The minimum atomic E-state index is -4.29. The molecule has 0 bridgehead atoms. The molecule has 0 aliphatic carbocycles.